The molecular weight excluding hydrogens is 250 g/mol. The second-order valence-corrected chi connectivity index (χ2v) is 6.23. The maximum atomic E-state index is 12.5. The van der Waals surface area contributed by atoms with Crippen LogP contribution in [0.25, 0.3) is 0 Å². The monoisotopic (exact) mass is 271 g/mol. The second-order valence-electron chi connectivity index (χ2n) is 4.92. The SMILES string of the molecule is NC(=O)CN(C(=O)C1CCCS1)C1CCNCC1. The lowest BCUT2D eigenvalue weighted by Crippen LogP contribution is -2.51. The van der Waals surface area contributed by atoms with Gasteiger partial charge in [0.1, 0.15) is 0 Å². The molecule has 2 rings (SSSR count). The maximum absolute atomic E-state index is 12.5. The van der Waals surface area contributed by atoms with Gasteiger partial charge < -0.3 is 16.0 Å². The Bertz CT molecular complexity index is 312. The summed E-state index contributed by atoms with van der Waals surface area (Å²) in [5.74, 6) is 0.751. The van der Waals surface area contributed by atoms with E-state index in [1.165, 1.54) is 0 Å². The Labute approximate surface area is 112 Å². The predicted octanol–water partition coefficient (Wildman–Crippen LogP) is -0.0521. The van der Waals surface area contributed by atoms with Crippen molar-refractivity contribution in [2.24, 2.45) is 5.73 Å². The minimum absolute atomic E-state index is 0.0410. The van der Waals surface area contributed by atoms with Crippen LogP contribution in [0.3, 0.4) is 0 Å². The minimum Gasteiger partial charge on any atom is -0.368 e. The molecule has 0 spiro atoms. The molecule has 5 nitrogen and oxygen atoms in total. The van der Waals surface area contributed by atoms with Crippen molar-refractivity contribution in [2.75, 3.05) is 25.4 Å². The fourth-order valence-electron chi connectivity index (χ4n) is 2.63. The van der Waals surface area contributed by atoms with Gasteiger partial charge in [0.05, 0.1) is 11.8 Å². The number of hydrogen-bond acceptors (Lipinski definition) is 4. The average molecular weight is 271 g/mol. The zero-order chi connectivity index (χ0) is 13.0. The average Bonchev–Trinajstić information content (AvgIpc) is 2.90. The van der Waals surface area contributed by atoms with Gasteiger partial charge in [-0.2, -0.15) is 0 Å². The van der Waals surface area contributed by atoms with Crippen LogP contribution in [0.4, 0.5) is 0 Å². The lowest BCUT2D eigenvalue weighted by Gasteiger charge is -2.35. The van der Waals surface area contributed by atoms with Crippen LogP contribution >= 0.6 is 11.8 Å². The zero-order valence-corrected chi connectivity index (χ0v) is 11.4. The van der Waals surface area contributed by atoms with Crippen molar-refractivity contribution in [3.05, 3.63) is 0 Å². The standard InChI is InChI=1S/C12H21N3O2S/c13-11(16)8-15(9-3-5-14-6-4-9)12(17)10-2-1-7-18-10/h9-10,14H,1-8H2,(H2,13,16). The molecule has 0 saturated carbocycles. The van der Waals surface area contributed by atoms with Gasteiger partial charge in [0.15, 0.2) is 0 Å². The zero-order valence-electron chi connectivity index (χ0n) is 10.6. The molecule has 2 amide bonds. The summed E-state index contributed by atoms with van der Waals surface area (Å²) < 4.78 is 0. The van der Waals surface area contributed by atoms with Gasteiger partial charge in [-0.25, -0.2) is 0 Å². The van der Waals surface area contributed by atoms with E-state index in [1.807, 2.05) is 0 Å². The molecule has 102 valence electrons. The van der Waals surface area contributed by atoms with Gasteiger partial charge in [0.25, 0.3) is 0 Å². The topological polar surface area (TPSA) is 75.4 Å². The summed E-state index contributed by atoms with van der Waals surface area (Å²) in [6.07, 6.45) is 3.86. The summed E-state index contributed by atoms with van der Waals surface area (Å²) in [6.45, 7) is 1.89. The number of nitrogens with two attached hydrogens (primary N) is 1. The summed E-state index contributed by atoms with van der Waals surface area (Å²) in [6, 6.07) is 0.174. The van der Waals surface area contributed by atoms with Crippen LogP contribution in [-0.2, 0) is 9.59 Å². The number of piperidine rings is 1. The number of thioether (sulfide) groups is 1. The molecule has 3 N–H and O–H groups in total. The molecule has 1 unspecified atom stereocenters. The lowest BCUT2D eigenvalue weighted by molar-refractivity contribution is -0.137. The van der Waals surface area contributed by atoms with E-state index < -0.39 is 5.91 Å². The Morgan fingerprint density at radius 3 is 2.56 bits per heavy atom. The Kier molecular flexibility index (Phi) is 4.88. The Morgan fingerprint density at radius 2 is 2.00 bits per heavy atom. The number of rotatable bonds is 4. The quantitative estimate of drug-likeness (QED) is 0.751. The molecule has 1 atom stereocenters. The predicted molar refractivity (Wildman–Crippen MR) is 72.3 cm³/mol. The van der Waals surface area contributed by atoms with Crippen LogP contribution in [0.5, 0.6) is 0 Å². The number of carbonyl (C=O) groups excluding carboxylic acids is 2. The fraction of sp³-hybridized carbons (Fsp3) is 0.833. The number of nitrogens with zero attached hydrogens (tertiary/aromatic N) is 1. The van der Waals surface area contributed by atoms with Crippen LogP contribution < -0.4 is 11.1 Å². The third-order valence-electron chi connectivity index (χ3n) is 3.56. The first-order valence-corrected chi connectivity index (χ1v) is 7.64. The second kappa shape index (κ2) is 6.43. The van der Waals surface area contributed by atoms with E-state index in [1.54, 1.807) is 16.7 Å². The molecule has 2 aliphatic rings. The van der Waals surface area contributed by atoms with E-state index >= 15 is 0 Å². The first-order chi connectivity index (χ1) is 8.68. The molecule has 6 heteroatoms. The highest BCUT2D eigenvalue weighted by molar-refractivity contribution is 8.00. The highest BCUT2D eigenvalue weighted by atomic mass is 32.2. The highest BCUT2D eigenvalue weighted by Crippen LogP contribution is 2.29. The van der Waals surface area contributed by atoms with E-state index in [0.29, 0.717) is 0 Å². The molecule has 2 saturated heterocycles. The van der Waals surface area contributed by atoms with Crippen molar-refractivity contribution < 1.29 is 9.59 Å². The lowest BCUT2D eigenvalue weighted by atomic mass is 10.0. The molecule has 0 bridgehead atoms. The molecule has 0 radical (unpaired) electrons. The highest BCUT2D eigenvalue weighted by Gasteiger charge is 2.33. The smallest absolute Gasteiger partial charge is 0.237 e. The molecule has 0 aromatic heterocycles. The van der Waals surface area contributed by atoms with Crippen molar-refractivity contribution in [3.8, 4) is 0 Å². The van der Waals surface area contributed by atoms with Gasteiger partial charge in [-0.3, -0.25) is 9.59 Å². The van der Waals surface area contributed by atoms with E-state index in [4.69, 9.17) is 5.73 Å². The van der Waals surface area contributed by atoms with Gasteiger partial charge in [-0.15, -0.1) is 11.8 Å². The van der Waals surface area contributed by atoms with E-state index in [0.717, 1.165) is 44.5 Å². The Morgan fingerprint density at radius 1 is 1.28 bits per heavy atom. The molecule has 2 heterocycles. The molecule has 2 fully saturated rings. The number of nitrogens with one attached hydrogen (secondary N) is 1. The first-order valence-electron chi connectivity index (χ1n) is 6.59. The van der Waals surface area contributed by atoms with Crippen molar-refractivity contribution in [1.29, 1.82) is 0 Å². The van der Waals surface area contributed by atoms with Crippen LogP contribution in [-0.4, -0.2) is 53.4 Å². The van der Waals surface area contributed by atoms with Gasteiger partial charge in [-0.1, -0.05) is 0 Å². The van der Waals surface area contributed by atoms with Crippen LogP contribution in [0.1, 0.15) is 25.7 Å². The van der Waals surface area contributed by atoms with Gasteiger partial charge >= 0.3 is 0 Å². The van der Waals surface area contributed by atoms with E-state index in [9.17, 15) is 9.59 Å². The fourth-order valence-corrected chi connectivity index (χ4v) is 3.86. The van der Waals surface area contributed by atoms with E-state index in [2.05, 4.69) is 5.32 Å². The third kappa shape index (κ3) is 3.38. The van der Waals surface area contributed by atoms with Gasteiger partial charge in [0.2, 0.25) is 11.8 Å². The summed E-state index contributed by atoms with van der Waals surface area (Å²) in [5, 5.41) is 3.31. The van der Waals surface area contributed by atoms with Gasteiger partial charge in [0, 0.05) is 6.04 Å². The summed E-state index contributed by atoms with van der Waals surface area (Å²) in [7, 11) is 0. The number of primary amides is 1. The molecule has 0 aliphatic carbocycles. The van der Waals surface area contributed by atoms with Gasteiger partial charge in [-0.05, 0) is 44.5 Å². The number of carbonyl (C=O) groups is 2. The Balaban J connectivity index is 2.02. The summed E-state index contributed by atoms with van der Waals surface area (Å²) in [4.78, 5) is 25.4. The molecule has 2 aliphatic heterocycles. The first kappa shape index (κ1) is 13.7. The molecule has 0 aromatic carbocycles. The van der Waals surface area contributed by atoms with Crippen LogP contribution in [0.2, 0.25) is 0 Å². The molecular formula is C12H21N3O2S. The van der Waals surface area contributed by atoms with Crippen LogP contribution in [0.15, 0.2) is 0 Å². The Hall–Kier alpha value is -0.750. The number of hydrogen-bond donors (Lipinski definition) is 2. The van der Waals surface area contributed by atoms with Crippen LogP contribution in [0, 0.1) is 0 Å². The number of amides is 2. The largest absolute Gasteiger partial charge is 0.368 e. The van der Waals surface area contributed by atoms with Crippen molar-refractivity contribution in [1.82, 2.24) is 10.2 Å². The third-order valence-corrected chi connectivity index (χ3v) is 4.93. The maximum Gasteiger partial charge on any atom is 0.237 e. The normalized spacial score (nSPS) is 25.0. The minimum atomic E-state index is -0.412. The molecule has 0 aromatic rings. The summed E-state index contributed by atoms with van der Waals surface area (Å²) >= 11 is 1.71. The van der Waals surface area contributed by atoms with E-state index in [-0.39, 0.29) is 23.7 Å². The van der Waals surface area contributed by atoms with Crippen molar-refractivity contribution in [3.63, 3.8) is 0 Å². The van der Waals surface area contributed by atoms with Crippen molar-refractivity contribution in [2.45, 2.75) is 37.0 Å². The summed E-state index contributed by atoms with van der Waals surface area (Å²) in [5.41, 5.74) is 5.28. The van der Waals surface area contributed by atoms with Crippen molar-refractivity contribution >= 4 is 23.6 Å². The molecule has 18 heavy (non-hydrogen) atoms.